The maximum absolute atomic E-state index is 14.4. The van der Waals surface area contributed by atoms with E-state index in [0.717, 1.165) is 34.1 Å². The van der Waals surface area contributed by atoms with Crippen molar-refractivity contribution in [2.24, 2.45) is 0 Å². The van der Waals surface area contributed by atoms with Gasteiger partial charge in [0.05, 0.1) is 17.2 Å². The van der Waals surface area contributed by atoms with Gasteiger partial charge in [0.1, 0.15) is 24.2 Å². The van der Waals surface area contributed by atoms with E-state index in [1.807, 2.05) is 37.3 Å². The van der Waals surface area contributed by atoms with E-state index in [0.29, 0.717) is 29.5 Å². The van der Waals surface area contributed by atoms with E-state index < -0.39 is 40.2 Å². The summed E-state index contributed by atoms with van der Waals surface area (Å²) < 4.78 is 48.3. The summed E-state index contributed by atoms with van der Waals surface area (Å²) in [6.07, 6.45) is 0.177. The first-order valence-electron chi connectivity index (χ1n) is 14.5. The molecule has 0 fully saturated rings. The Morgan fingerprint density at radius 2 is 1.53 bits per heavy atom. The van der Waals surface area contributed by atoms with Crippen LogP contribution in [0.1, 0.15) is 25.0 Å². The molecule has 2 amide bonds. The van der Waals surface area contributed by atoms with E-state index in [1.165, 1.54) is 17.0 Å². The summed E-state index contributed by atoms with van der Waals surface area (Å²) in [5, 5.41) is 3.21. The van der Waals surface area contributed by atoms with Crippen molar-refractivity contribution >= 4 is 39.1 Å². The number of benzene rings is 4. The van der Waals surface area contributed by atoms with Gasteiger partial charge in [-0.25, -0.2) is 12.8 Å². The summed E-state index contributed by atoms with van der Waals surface area (Å²) in [6.45, 7) is 3.64. The Morgan fingerprint density at radius 3 is 2.16 bits per heavy atom. The van der Waals surface area contributed by atoms with E-state index in [9.17, 15) is 22.4 Å². The molecule has 0 radical (unpaired) electrons. The molecule has 0 aliphatic heterocycles. The summed E-state index contributed by atoms with van der Waals surface area (Å²) in [7, 11) is -4.37. The maximum atomic E-state index is 14.4. The highest BCUT2D eigenvalue weighted by atomic mass is 35.5. The molecular formula is C34H35ClFN3O5S. The van der Waals surface area contributed by atoms with Crippen molar-refractivity contribution in [3.8, 4) is 5.75 Å². The Labute approximate surface area is 268 Å². The summed E-state index contributed by atoms with van der Waals surface area (Å²) in [6, 6.07) is 25.9. The van der Waals surface area contributed by atoms with Gasteiger partial charge >= 0.3 is 0 Å². The van der Waals surface area contributed by atoms with Gasteiger partial charge in [0, 0.05) is 24.5 Å². The molecule has 45 heavy (non-hydrogen) atoms. The van der Waals surface area contributed by atoms with Crippen LogP contribution in [0.5, 0.6) is 5.75 Å². The van der Waals surface area contributed by atoms with E-state index in [2.05, 4.69) is 5.32 Å². The van der Waals surface area contributed by atoms with Gasteiger partial charge in [-0.15, -0.1) is 0 Å². The fourth-order valence-corrected chi connectivity index (χ4v) is 6.40. The molecule has 0 saturated carbocycles. The zero-order valence-electron chi connectivity index (χ0n) is 25.0. The van der Waals surface area contributed by atoms with Crippen molar-refractivity contribution in [2.75, 3.05) is 24.0 Å². The number of anilines is 1. The predicted octanol–water partition coefficient (Wildman–Crippen LogP) is 5.85. The van der Waals surface area contributed by atoms with Crippen molar-refractivity contribution in [1.29, 1.82) is 0 Å². The third-order valence-corrected chi connectivity index (χ3v) is 9.19. The van der Waals surface area contributed by atoms with Crippen LogP contribution in [0.4, 0.5) is 10.1 Å². The molecule has 1 atom stereocenters. The number of nitrogens with zero attached hydrogens (tertiary/aromatic N) is 2. The Hall–Kier alpha value is -4.41. The molecule has 0 saturated heterocycles. The van der Waals surface area contributed by atoms with Gasteiger partial charge in [0.15, 0.2) is 0 Å². The number of halogens is 2. The van der Waals surface area contributed by atoms with Crippen LogP contribution in [-0.4, -0.2) is 50.9 Å². The lowest BCUT2D eigenvalue weighted by molar-refractivity contribution is -0.140. The summed E-state index contributed by atoms with van der Waals surface area (Å²) >= 11 is 6.50. The largest absolute Gasteiger partial charge is 0.494 e. The van der Waals surface area contributed by atoms with Crippen molar-refractivity contribution in [3.05, 3.63) is 125 Å². The number of ether oxygens (including phenoxy) is 1. The normalized spacial score (nSPS) is 11.8. The van der Waals surface area contributed by atoms with Gasteiger partial charge in [-0.3, -0.25) is 13.9 Å². The number of rotatable bonds is 14. The Balaban J connectivity index is 1.80. The summed E-state index contributed by atoms with van der Waals surface area (Å²) in [5.41, 5.74) is 1.59. The monoisotopic (exact) mass is 651 g/mol. The zero-order valence-corrected chi connectivity index (χ0v) is 26.6. The molecule has 0 aliphatic carbocycles. The minimum Gasteiger partial charge on any atom is -0.494 e. The molecule has 4 rings (SSSR count). The molecule has 8 nitrogen and oxygen atoms in total. The topological polar surface area (TPSA) is 96.0 Å². The van der Waals surface area contributed by atoms with E-state index in [1.54, 1.807) is 43.3 Å². The van der Waals surface area contributed by atoms with Crippen LogP contribution in [0, 0.1) is 5.82 Å². The second-order valence-electron chi connectivity index (χ2n) is 10.1. The molecule has 0 heterocycles. The molecule has 0 spiro atoms. The lowest BCUT2D eigenvalue weighted by Crippen LogP contribution is -2.53. The van der Waals surface area contributed by atoms with Crippen LogP contribution in [0.15, 0.2) is 108 Å². The lowest BCUT2D eigenvalue weighted by atomic mass is 10.0. The van der Waals surface area contributed by atoms with Crippen LogP contribution >= 0.6 is 11.6 Å². The average molecular weight is 652 g/mol. The minimum atomic E-state index is -4.37. The Morgan fingerprint density at radius 1 is 0.889 bits per heavy atom. The summed E-state index contributed by atoms with van der Waals surface area (Å²) in [5.74, 6) is -1.11. The molecule has 0 aromatic heterocycles. The first-order valence-corrected chi connectivity index (χ1v) is 16.3. The van der Waals surface area contributed by atoms with Gasteiger partial charge in [-0.05, 0) is 79.6 Å². The van der Waals surface area contributed by atoms with Crippen LogP contribution < -0.4 is 14.4 Å². The fraction of sp³-hybridized carbons (Fsp3) is 0.235. The van der Waals surface area contributed by atoms with Crippen LogP contribution in [0.2, 0.25) is 5.02 Å². The Kier molecular flexibility index (Phi) is 11.6. The van der Waals surface area contributed by atoms with Crippen molar-refractivity contribution in [3.63, 3.8) is 0 Å². The molecule has 11 heteroatoms. The third kappa shape index (κ3) is 8.61. The number of carbonyl (C=O) groups is 2. The molecule has 0 unspecified atom stereocenters. The molecule has 4 aromatic carbocycles. The quantitative estimate of drug-likeness (QED) is 0.185. The molecule has 0 aliphatic rings. The van der Waals surface area contributed by atoms with Gasteiger partial charge in [0.2, 0.25) is 11.8 Å². The highest BCUT2D eigenvalue weighted by Crippen LogP contribution is 2.28. The second-order valence-corrected chi connectivity index (χ2v) is 12.4. The van der Waals surface area contributed by atoms with Gasteiger partial charge < -0.3 is 15.0 Å². The zero-order chi connectivity index (χ0) is 32.4. The maximum Gasteiger partial charge on any atom is 0.264 e. The lowest BCUT2D eigenvalue weighted by Gasteiger charge is -2.34. The molecule has 236 valence electrons. The highest BCUT2D eigenvalue weighted by molar-refractivity contribution is 7.92. The molecule has 0 bridgehead atoms. The Bertz CT molecular complexity index is 1690. The first-order chi connectivity index (χ1) is 21.6. The van der Waals surface area contributed by atoms with E-state index >= 15 is 0 Å². The number of hydrogen-bond donors (Lipinski definition) is 1. The summed E-state index contributed by atoms with van der Waals surface area (Å²) in [4.78, 5) is 29.1. The minimum absolute atomic E-state index is 0.0547. The highest BCUT2D eigenvalue weighted by Gasteiger charge is 2.34. The van der Waals surface area contributed by atoms with Crippen molar-refractivity contribution in [1.82, 2.24) is 10.2 Å². The molecule has 1 N–H and O–H groups in total. The predicted molar refractivity (Wildman–Crippen MR) is 173 cm³/mol. The number of amides is 2. The van der Waals surface area contributed by atoms with Gasteiger partial charge in [-0.2, -0.15) is 0 Å². The smallest absolute Gasteiger partial charge is 0.264 e. The van der Waals surface area contributed by atoms with Crippen molar-refractivity contribution in [2.45, 2.75) is 37.8 Å². The van der Waals surface area contributed by atoms with Gasteiger partial charge in [0.25, 0.3) is 10.0 Å². The van der Waals surface area contributed by atoms with Crippen LogP contribution in [-0.2, 0) is 32.6 Å². The number of nitrogens with one attached hydrogen (secondary N) is 1. The number of sulfonamides is 1. The second kappa shape index (κ2) is 15.5. The van der Waals surface area contributed by atoms with E-state index in [4.69, 9.17) is 16.3 Å². The third-order valence-electron chi connectivity index (χ3n) is 7.04. The molecular weight excluding hydrogens is 617 g/mol. The van der Waals surface area contributed by atoms with E-state index in [-0.39, 0.29) is 23.5 Å². The first kappa shape index (κ1) is 33.5. The number of carbonyl (C=O) groups excluding carboxylic acids is 2. The number of hydrogen-bond acceptors (Lipinski definition) is 5. The molecule has 4 aromatic rings. The standard InChI is InChI=1S/C34H35ClFN3O5S/c1-3-37-34(41)32(22-25-10-6-5-7-11-25)38(23-26-12-8-9-13-31(26)35)33(40)24-39(28-16-18-29(19-17-28)44-4-2)45(42,43)30-20-14-27(36)15-21-30/h5-21,32H,3-4,22-24H2,1-2H3,(H,37,41)/t32-/m0/s1. The van der Waals surface area contributed by atoms with Crippen LogP contribution in [0.25, 0.3) is 0 Å². The fourth-order valence-electron chi connectivity index (χ4n) is 4.79. The van der Waals surface area contributed by atoms with Gasteiger partial charge in [-0.1, -0.05) is 60.1 Å². The number of likely N-dealkylation sites (N-methyl/N-ethyl adjacent to an activating group) is 1. The SMILES string of the molecule is CCNC(=O)[C@H](Cc1ccccc1)N(Cc1ccccc1Cl)C(=O)CN(c1ccc(OCC)cc1)S(=O)(=O)c1ccc(F)cc1. The van der Waals surface area contributed by atoms with Crippen molar-refractivity contribution < 1.29 is 27.1 Å². The average Bonchev–Trinajstić information content (AvgIpc) is 3.03. The van der Waals surface area contributed by atoms with Crippen LogP contribution in [0.3, 0.4) is 0 Å².